The molecule has 0 spiro atoms. The van der Waals surface area contributed by atoms with E-state index in [2.05, 4.69) is 26.3 Å². The van der Waals surface area contributed by atoms with Gasteiger partial charge in [0.2, 0.25) is 0 Å². The van der Waals surface area contributed by atoms with Gasteiger partial charge >= 0.3 is 0 Å². The van der Waals surface area contributed by atoms with Gasteiger partial charge < -0.3 is 10.1 Å². The number of nitrogens with zero attached hydrogens (tertiary/aromatic N) is 2. The topological polar surface area (TPSA) is 56.2 Å². The summed E-state index contributed by atoms with van der Waals surface area (Å²) in [6.45, 7) is 3.39. The van der Waals surface area contributed by atoms with Gasteiger partial charge in [0, 0.05) is 12.1 Å². The predicted octanol–water partition coefficient (Wildman–Crippen LogP) is 5.48. The molecule has 0 saturated carbocycles. The predicted molar refractivity (Wildman–Crippen MR) is 114 cm³/mol. The van der Waals surface area contributed by atoms with Gasteiger partial charge in [0.05, 0.1) is 27.9 Å². The van der Waals surface area contributed by atoms with E-state index in [1.165, 1.54) is 0 Å². The summed E-state index contributed by atoms with van der Waals surface area (Å²) in [7, 11) is 0. The fourth-order valence-electron chi connectivity index (χ4n) is 2.66. The minimum Gasteiger partial charge on any atom is -0.487 e. The van der Waals surface area contributed by atoms with Gasteiger partial charge in [0.15, 0.2) is 0 Å². The van der Waals surface area contributed by atoms with E-state index in [1.807, 2.05) is 23.7 Å². The van der Waals surface area contributed by atoms with Crippen molar-refractivity contribution in [2.75, 3.05) is 0 Å². The number of hydrogen-bond acceptors (Lipinski definition) is 3. The Balaban J connectivity index is 1.64. The van der Waals surface area contributed by atoms with Crippen molar-refractivity contribution in [3.8, 4) is 5.75 Å². The smallest absolute Gasteiger partial charge is 0.251 e. The van der Waals surface area contributed by atoms with Crippen LogP contribution in [-0.4, -0.2) is 15.7 Å². The molecule has 146 valence electrons. The van der Waals surface area contributed by atoms with E-state index >= 15 is 0 Å². The normalized spacial score (nSPS) is 10.7. The molecular weight excluding hydrogens is 465 g/mol. The van der Waals surface area contributed by atoms with Gasteiger partial charge in [0.25, 0.3) is 5.91 Å². The second kappa shape index (κ2) is 9.45. The van der Waals surface area contributed by atoms with Crippen LogP contribution in [0.3, 0.4) is 0 Å². The van der Waals surface area contributed by atoms with Crippen LogP contribution in [0, 0.1) is 0 Å². The Bertz CT molecular complexity index is 991. The molecule has 0 radical (unpaired) electrons. The average molecular weight is 483 g/mol. The van der Waals surface area contributed by atoms with Crippen LogP contribution < -0.4 is 10.1 Å². The van der Waals surface area contributed by atoms with Crippen molar-refractivity contribution in [2.45, 2.75) is 26.6 Å². The molecule has 0 aliphatic heterocycles. The standard InChI is InChI=1S/C20H18BrCl2N3O2/c1-2-26-17(15(21)10-25-26)11-24-20(27)14-6-3-5-13(9-14)12-28-18-8-4-7-16(22)19(18)23/h3-10H,2,11-12H2,1H3,(H,24,27). The van der Waals surface area contributed by atoms with Gasteiger partial charge in [-0.25, -0.2) is 0 Å². The van der Waals surface area contributed by atoms with Gasteiger partial charge in [-0.05, 0) is 52.7 Å². The summed E-state index contributed by atoms with van der Waals surface area (Å²) in [5.41, 5.74) is 2.33. The van der Waals surface area contributed by atoms with Crippen LogP contribution >= 0.6 is 39.1 Å². The fraction of sp³-hybridized carbons (Fsp3) is 0.200. The number of carbonyl (C=O) groups excluding carboxylic acids is 1. The first-order valence-corrected chi connectivity index (χ1v) is 10.2. The molecule has 0 bridgehead atoms. The molecule has 0 aliphatic rings. The minimum absolute atomic E-state index is 0.168. The number of amides is 1. The molecule has 28 heavy (non-hydrogen) atoms. The summed E-state index contributed by atoms with van der Waals surface area (Å²) in [6, 6.07) is 12.5. The van der Waals surface area contributed by atoms with E-state index in [1.54, 1.807) is 36.5 Å². The molecule has 0 saturated heterocycles. The van der Waals surface area contributed by atoms with Crippen LogP contribution in [0.2, 0.25) is 10.0 Å². The van der Waals surface area contributed by atoms with Crippen molar-refractivity contribution >= 4 is 45.0 Å². The third kappa shape index (κ3) is 4.87. The van der Waals surface area contributed by atoms with Crippen LogP contribution in [0.4, 0.5) is 0 Å². The Labute approximate surface area is 181 Å². The Morgan fingerprint density at radius 1 is 1.25 bits per heavy atom. The van der Waals surface area contributed by atoms with Gasteiger partial charge in [-0.3, -0.25) is 9.48 Å². The zero-order valence-electron chi connectivity index (χ0n) is 15.1. The van der Waals surface area contributed by atoms with Crippen molar-refractivity contribution in [3.63, 3.8) is 0 Å². The number of halogens is 3. The first-order valence-electron chi connectivity index (χ1n) is 8.63. The maximum atomic E-state index is 12.5. The van der Waals surface area contributed by atoms with Gasteiger partial charge in [0.1, 0.15) is 17.4 Å². The summed E-state index contributed by atoms with van der Waals surface area (Å²) < 4.78 is 8.44. The highest BCUT2D eigenvalue weighted by atomic mass is 79.9. The maximum Gasteiger partial charge on any atom is 0.251 e. The van der Waals surface area contributed by atoms with E-state index in [-0.39, 0.29) is 12.5 Å². The highest BCUT2D eigenvalue weighted by Crippen LogP contribution is 2.32. The number of hydrogen-bond donors (Lipinski definition) is 1. The second-order valence-corrected chi connectivity index (χ2v) is 7.62. The summed E-state index contributed by atoms with van der Waals surface area (Å²) in [5.74, 6) is 0.333. The second-order valence-electron chi connectivity index (χ2n) is 5.98. The Kier molecular flexibility index (Phi) is 6.99. The van der Waals surface area contributed by atoms with Gasteiger partial charge in [-0.15, -0.1) is 0 Å². The maximum absolute atomic E-state index is 12.5. The van der Waals surface area contributed by atoms with Crippen molar-refractivity contribution < 1.29 is 9.53 Å². The molecule has 2 aromatic carbocycles. The molecule has 1 heterocycles. The minimum atomic E-state index is -0.168. The van der Waals surface area contributed by atoms with Gasteiger partial charge in [-0.1, -0.05) is 41.4 Å². The quantitative estimate of drug-likeness (QED) is 0.485. The van der Waals surface area contributed by atoms with E-state index in [0.29, 0.717) is 27.9 Å². The molecule has 0 fully saturated rings. The zero-order valence-corrected chi connectivity index (χ0v) is 18.2. The van der Waals surface area contributed by atoms with E-state index in [4.69, 9.17) is 27.9 Å². The molecule has 0 unspecified atom stereocenters. The molecule has 1 aromatic heterocycles. The van der Waals surface area contributed by atoms with Crippen molar-refractivity contribution in [1.82, 2.24) is 15.1 Å². The van der Waals surface area contributed by atoms with Crippen molar-refractivity contribution in [2.24, 2.45) is 0 Å². The van der Waals surface area contributed by atoms with Crippen molar-refractivity contribution in [1.29, 1.82) is 0 Å². The molecule has 0 atom stereocenters. The average Bonchev–Trinajstić information content (AvgIpc) is 3.07. The highest BCUT2D eigenvalue weighted by Gasteiger charge is 2.12. The molecule has 8 heteroatoms. The summed E-state index contributed by atoms with van der Waals surface area (Å²) >= 11 is 15.6. The number of benzene rings is 2. The Hall–Kier alpha value is -2.02. The van der Waals surface area contributed by atoms with E-state index in [9.17, 15) is 4.79 Å². The lowest BCUT2D eigenvalue weighted by atomic mass is 10.1. The summed E-state index contributed by atoms with van der Waals surface area (Å²) in [4.78, 5) is 12.5. The molecular formula is C20H18BrCl2N3O2. The molecule has 0 aliphatic carbocycles. The van der Waals surface area contributed by atoms with Crippen LogP contribution in [0.15, 0.2) is 53.1 Å². The monoisotopic (exact) mass is 481 g/mol. The largest absolute Gasteiger partial charge is 0.487 e. The number of rotatable bonds is 7. The highest BCUT2D eigenvalue weighted by molar-refractivity contribution is 9.10. The number of nitrogens with one attached hydrogen (secondary N) is 1. The Morgan fingerprint density at radius 3 is 2.82 bits per heavy atom. The number of aromatic nitrogens is 2. The lowest BCUT2D eigenvalue weighted by molar-refractivity contribution is 0.0949. The van der Waals surface area contributed by atoms with Crippen molar-refractivity contribution in [3.05, 3.63) is 80.0 Å². The number of aryl methyl sites for hydroxylation is 1. The molecule has 1 amide bonds. The first-order chi connectivity index (χ1) is 13.5. The van der Waals surface area contributed by atoms with Crippen LogP contribution in [0.25, 0.3) is 0 Å². The molecule has 3 aromatic rings. The van der Waals surface area contributed by atoms with E-state index in [0.717, 1.165) is 22.3 Å². The van der Waals surface area contributed by atoms with Gasteiger partial charge in [-0.2, -0.15) is 5.10 Å². The van der Waals surface area contributed by atoms with Crippen LogP contribution in [0.5, 0.6) is 5.75 Å². The number of ether oxygens (including phenoxy) is 1. The molecule has 3 rings (SSSR count). The first kappa shape index (κ1) is 20.7. The Morgan fingerprint density at radius 2 is 2.04 bits per heavy atom. The summed E-state index contributed by atoms with van der Waals surface area (Å²) in [5, 5.41) is 7.98. The lowest BCUT2D eigenvalue weighted by Crippen LogP contribution is -2.24. The van der Waals surface area contributed by atoms with Crippen LogP contribution in [-0.2, 0) is 19.7 Å². The SMILES string of the molecule is CCn1ncc(Br)c1CNC(=O)c1cccc(COc2cccc(Cl)c2Cl)c1. The van der Waals surface area contributed by atoms with Crippen LogP contribution in [0.1, 0.15) is 28.5 Å². The molecule has 5 nitrogen and oxygen atoms in total. The third-order valence-corrected chi connectivity index (χ3v) is 5.58. The summed E-state index contributed by atoms with van der Waals surface area (Å²) in [6.07, 6.45) is 1.73. The lowest BCUT2D eigenvalue weighted by Gasteiger charge is -2.11. The number of carbonyl (C=O) groups is 1. The zero-order chi connectivity index (χ0) is 20.1. The molecule has 1 N–H and O–H groups in total. The third-order valence-electron chi connectivity index (χ3n) is 4.11. The van der Waals surface area contributed by atoms with E-state index < -0.39 is 0 Å². The fourth-order valence-corrected chi connectivity index (χ4v) is 3.44.